The molecule has 3 aromatic rings. The van der Waals surface area contributed by atoms with Gasteiger partial charge in [-0.3, -0.25) is 10.1 Å². The maximum Gasteiger partial charge on any atom is 0.269 e. The Balaban J connectivity index is 2.08. The molecule has 1 aromatic carbocycles. The van der Waals surface area contributed by atoms with E-state index in [0.29, 0.717) is 10.9 Å². The Morgan fingerprint density at radius 1 is 1.29 bits per heavy atom. The number of benzene rings is 1. The third-order valence-electron chi connectivity index (χ3n) is 2.87. The molecule has 8 heteroatoms. The Labute approximate surface area is 124 Å². The summed E-state index contributed by atoms with van der Waals surface area (Å²) in [4.78, 5) is 18.8. The summed E-state index contributed by atoms with van der Waals surface area (Å²) in [5.41, 5.74) is 1.68. The van der Waals surface area contributed by atoms with Gasteiger partial charge in [0.2, 0.25) is 5.16 Å². The van der Waals surface area contributed by atoms with Crippen molar-refractivity contribution in [1.29, 1.82) is 0 Å². The van der Waals surface area contributed by atoms with E-state index in [1.165, 1.54) is 23.9 Å². The highest BCUT2D eigenvalue weighted by atomic mass is 32.2. The highest BCUT2D eigenvalue weighted by Gasteiger charge is 2.11. The number of non-ortho nitro benzene ring substituents is 1. The van der Waals surface area contributed by atoms with Crippen molar-refractivity contribution in [2.24, 2.45) is 0 Å². The fourth-order valence-electron chi connectivity index (χ4n) is 1.94. The molecular formula is C13H11N5O2S. The number of hydrogen-bond donors (Lipinski definition) is 0. The van der Waals surface area contributed by atoms with E-state index in [1.807, 2.05) is 13.0 Å². The number of nitro groups is 1. The fourth-order valence-corrected chi connectivity index (χ4v) is 2.48. The van der Waals surface area contributed by atoms with Crippen LogP contribution in [0.2, 0.25) is 0 Å². The third-order valence-corrected chi connectivity index (χ3v) is 3.59. The lowest BCUT2D eigenvalue weighted by Crippen LogP contribution is -1.96. The minimum atomic E-state index is -0.419. The minimum absolute atomic E-state index is 0.0601. The van der Waals surface area contributed by atoms with Crippen LogP contribution >= 0.6 is 11.8 Å². The Kier molecular flexibility index (Phi) is 3.53. The largest absolute Gasteiger partial charge is 0.269 e. The topological polar surface area (TPSA) is 86.2 Å². The summed E-state index contributed by atoms with van der Waals surface area (Å²) in [5, 5.41) is 15.8. The first-order valence-electron chi connectivity index (χ1n) is 6.28. The van der Waals surface area contributed by atoms with Crippen LogP contribution in [0.15, 0.2) is 41.7 Å². The van der Waals surface area contributed by atoms with Gasteiger partial charge in [-0.15, -0.1) is 5.10 Å². The van der Waals surface area contributed by atoms with Gasteiger partial charge in [-0.2, -0.15) is 9.50 Å². The molecule has 3 rings (SSSR count). The summed E-state index contributed by atoms with van der Waals surface area (Å²) in [6.07, 6.45) is 1.65. The molecule has 2 aromatic heterocycles. The van der Waals surface area contributed by atoms with Gasteiger partial charge in [0.05, 0.1) is 10.6 Å². The van der Waals surface area contributed by atoms with Crippen LogP contribution in [0.25, 0.3) is 17.0 Å². The van der Waals surface area contributed by atoms with E-state index in [1.54, 1.807) is 22.8 Å². The highest BCUT2D eigenvalue weighted by Crippen LogP contribution is 2.23. The molecule has 0 fully saturated rings. The molecular weight excluding hydrogens is 290 g/mol. The number of hydrogen-bond acceptors (Lipinski definition) is 6. The monoisotopic (exact) mass is 301 g/mol. The maximum absolute atomic E-state index is 10.7. The lowest BCUT2D eigenvalue weighted by atomic mass is 10.1. The van der Waals surface area contributed by atoms with Gasteiger partial charge < -0.3 is 0 Å². The van der Waals surface area contributed by atoms with Crippen LogP contribution in [0.1, 0.15) is 6.92 Å². The minimum Gasteiger partial charge on any atom is -0.258 e. The Hall–Kier alpha value is -2.48. The third kappa shape index (κ3) is 2.57. The molecule has 0 N–H and O–H groups in total. The van der Waals surface area contributed by atoms with Gasteiger partial charge in [0, 0.05) is 23.9 Å². The quantitative estimate of drug-likeness (QED) is 0.418. The molecule has 0 aliphatic carbocycles. The van der Waals surface area contributed by atoms with E-state index >= 15 is 0 Å². The normalized spacial score (nSPS) is 10.9. The molecule has 0 aliphatic rings. The molecule has 0 bridgehead atoms. The second-order valence-corrected chi connectivity index (χ2v) is 5.40. The molecule has 21 heavy (non-hydrogen) atoms. The molecule has 0 unspecified atom stereocenters. The molecule has 0 atom stereocenters. The SMILES string of the molecule is CCSc1nc2nccc(-c3ccc([N+](=O)[O-])cc3)n2n1. The van der Waals surface area contributed by atoms with Crippen LogP contribution in [0.4, 0.5) is 5.69 Å². The van der Waals surface area contributed by atoms with Gasteiger partial charge in [-0.1, -0.05) is 18.7 Å². The van der Waals surface area contributed by atoms with Crippen molar-refractivity contribution in [3.63, 3.8) is 0 Å². The Morgan fingerprint density at radius 3 is 2.71 bits per heavy atom. The number of thioether (sulfide) groups is 1. The fraction of sp³-hybridized carbons (Fsp3) is 0.154. The zero-order valence-electron chi connectivity index (χ0n) is 11.1. The predicted octanol–water partition coefficient (Wildman–Crippen LogP) is 2.81. The van der Waals surface area contributed by atoms with E-state index in [0.717, 1.165) is 17.0 Å². The molecule has 106 valence electrons. The van der Waals surface area contributed by atoms with Crippen LogP contribution in [-0.4, -0.2) is 30.3 Å². The highest BCUT2D eigenvalue weighted by molar-refractivity contribution is 7.99. The number of aromatic nitrogens is 4. The van der Waals surface area contributed by atoms with E-state index in [2.05, 4.69) is 15.1 Å². The lowest BCUT2D eigenvalue weighted by Gasteiger charge is -2.03. The first-order chi connectivity index (χ1) is 10.2. The molecule has 2 heterocycles. The van der Waals surface area contributed by atoms with E-state index in [-0.39, 0.29) is 5.69 Å². The molecule has 0 saturated carbocycles. The molecule has 0 aliphatic heterocycles. The standard InChI is InChI=1S/C13H11N5O2S/c1-2-21-13-15-12-14-8-7-11(17(12)16-13)9-3-5-10(6-4-9)18(19)20/h3-8H,2H2,1H3. The molecule has 0 saturated heterocycles. The van der Waals surface area contributed by atoms with Gasteiger partial charge in [0.1, 0.15) is 0 Å². The van der Waals surface area contributed by atoms with Crippen molar-refractivity contribution in [2.75, 3.05) is 5.75 Å². The smallest absolute Gasteiger partial charge is 0.258 e. The van der Waals surface area contributed by atoms with Crippen LogP contribution in [0, 0.1) is 10.1 Å². The summed E-state index contributed by atoms with van der Waals surface area (Å²) >= 11 is 1.54. The van der Waals surface area contributed by atoms with E-state index < -0.39 is 4.92 Å². The summed E-state index contributed by atoms with van der Waals surface area (Å²) in [6.45, 7) is 2.03. The summed E-state index contributed by atoms with van der Waals surface area (Å²) < 4.78 is 1.65. The van der Waals surface area contributed by atoms with Crippen molar-refractivity contribution < 1.29 is 4.92 Å². The number of rotatable bonds is 4. The van der Waals surface area contributed by atoms with E-state index in [4.69, 9.17) is 0 Å². The Bertz CT molecular complexity index is 800. The van der Waals surface area contributed by atoms with Gasteiger partial charge in [0.15, 0.2) is 0 Å². The average Bonchev–Trinajstić information content (AvgIpc) is 2.90. The summed E-state index contributed by atoms with van der Waals surface area (Å²) in [7, 11) is 0. The second kappa shape index (κ2) is 5.49. The van der Waals surface area contributed by atoms with Crippen molar-refractivity contribution in [3.05, 3.63) is 46.6 Å². The van der Waals surface area contributed by atoms with Gasteiger partial charge >= 0.3 is 0 Å². The zero-order valence-corrected chi connectivity index (χ0v) is 11.9. The van der Waals surface area contributed by atoms with E-state index in [9.17, 15) is 10.1 Å². The number of nitro benzene ring substituents is 1. The second-order valence-electron chi connectivity index (χ2n) is 4.17. The first-order valence-corrected chi connectivity index (χ1v) is 7.27. The van der Waals surface area contributed by atoms with Crippen LogP contribution in [0.3, 0.4) is 0 Å². The zero-order chi connectivity index (χ0) is 14.8. The molecule has 0 radical (unpaired) electrons. The van der Waals surface area contributed by atoms with Crippen LogP contribution in [0.5, 0.6) is 0 Å². The van der Waals surface area contributed by atoms with Crippen molar-refractivity contribution >= 4 is 23.2 Å². The molecule has 0 spiro atoms. The van der Waals surface area contributed by atoms with Crippen LogP contribution < -0.4 is 0 Å². The Morgan fingerprint density at radius 2 is 2.05 bits per heavy atom. The van der Waals surface area contributed by atoms with Crippen molar-refractivity contribution in [2.45, 2.75) is 12.1 Å². The van der Waals surface area contributed by atoms with Crippen molar-refractivity contribution in [1.82, 2.24) is 19.6 Å². The van der Waals surface area contributed by atoms with Gasteiger partial charge in [0.25, 0.3) is 11.5 Å². The van der Waals surface area contributed by atoms with Crippen molar-refractivity contribution in [3.8, 4) is 11.3 Å². The number of nitrogens with zero attached hydrogens (tertiary/aromatic N) is 5. The molecule has 7 nitrogen and oxygen atoms in total. The number of fused-ring (bicyclic) bond motifs is 1. The molecule has 0 amide bonds. The lowest BCUT2D eigenvalue weighted by molar-refractivity contribution is -0.384. The van der Waals surface area contributed by atoms with Gasteiger partial charge in [-0.05, 0) is 24.0 Å². The predicted molar refractivity (Wildman–Crippen MR) is 79.3 cm³/mol. The first kappa shape index (κ1) is 13.5. The summed E-state index contributed by atoms with van der Waals surface area (Å²) in [5.74, 6) is 1.39. The average molecular weight is 301 g/mol. The van der Waals surface area contributed by atoms with Crippen LogP contribution in [-0.2, 0) is 0 Å². The summed E-state index contributed by atoms with van der Waals surface area (Å²) in [6, 6.07) is 8.14. The maximum atomic E-state index is 10.7. The van der Waals surface area contributed by atoms with Gasteiger partial charge in [-0.25, -0.2) is 4.98 Å².